The van der Waals surface area contributed by atoms with Gasteiger partial charge in [-0.05, 0) is 30.5 Å². The molecule has 0 spiro atoms. The zero-order valence-corrected chi connectivity index (χ0v) is 8.51. The Kier molecular flexibility index (Phi) is 3.52. The Morgan fingerprint density at radius 2 is 2.31 bits per heavy atom. The summed E-state index contributed by atoms with van der Waals surface area (Å²) in [6.45, 7) is 5.65. The number of hydrogen-bond acceptors (Lipinski definition) is 1. The van der Waals surface area contributed by atoms with Crippen molar-refractivity contribution in [1.82, 2.24) is 0 Å². The van der Waals surface area contributed by atoms with Crippen LogP contribution in [0, 0.1) is 6.92 Å². The molecule has 0 saturated carbocycles. The Bertz CT molecular complexity index is 307. The minimum absolute atomic E-state index is 0.0104. The topological polar surface area (TPSA) is 26.0 Å². The molecule has 0 amide bonds. The summed E-state index contributed by atoms with van der Waals surface area (Å²) in [7, 11) is 0. The summed E-state index contributed by atoms with van der Waals surface area (Å²) in [5.74, 6) is 0. The summed E-state index contributed by atoms with van der Waals surface area (Å²) < 4.78 is 0. The molecule has 70 valence electrons. The highest BCUT2D eigenvalue weighted by Crippen LogP contribution is 2.24. The van der Waals surface area contributed by atoms with Crippen molar-refractivity contribution >= 4 is 11.6 Å². The molecule has 0 radical (unpaired) electrons. The second-order valence-corrected chi connectivity index (χ2v) is 3.49. The zero-order chi connectivity index (χ0) is 9.84. The second kappa shape index (κ2) is 4.45. The van der Waals surface area contributed by atoms with Crippen molar-refractivity contribution in [3.63, 3.8) is 0 Å². The molecule has 0 fully saturated rings. The molecule has 0 aliphatic carbocycles. The Morgan fingerprint density at radius 1 is 1.62 bits per heavy atom. The van der Waals surface area contributed by atoms with Crippen molar-refractivity contribution in [3.05, 3.63) is 47.0 Å². The van der Waals surface area contributed by atoms with Gasteiger partial charge in [0.05, 0.1) is 0 Å². The highest BCUT2D eigenvalue weighted by molar-refractivity contribution is 6.31. The van der Waals surface area contributed by atoms with E-state index < -0.39 is 0 Å². The molecule has 0 bridgehead atoms. The number of halogens is 1. The van der Waals surface area contributed by atoms with Gasteiger partial charge in [0, 0.05) is 11.1 Å². The van der Waals surface area contributed by atoms with Gasteiger partial charge in [0.25, 0.3) is 0 Å². The standard InChI is InChI=1S/C11H14ClN/c1-3-5-11(13)9-6-4-7-10(12)8(9)2/h3-4,6-7,11H,1,5,13H2,2H3/t11-/m1/s1. The van der Waals surface area contributed by atoms with Crippen LogP contribution in [0.15, 0.2) is 30.9 Å². The first-order valence-corrected chi connectivity index (χ1v) is 4.66. The van der Waals surface area contributed by atoms with E-state index >= 15 is 0 Å². The van der Waals surface area contributed by atoms with Crippen molar-refractivity contribution in [2.75, 3.05) is 0 Å². The molecule has 1 atom stereocenters. The van der Waals surface area contributed by atoms with E-state index in [9.17, 15) is 0 Å². The van der Waals surface area contributed by atoms with E-state index in [1.54, 1.807) is 0 Å². The molecule has 0 aliphatic rings. The van der Waals surface area contributed by atoms with Crippen molar-refractivity contribution in [3.8, 4) is 0 Å². The summed E-state index contributed by atoms with van der Waals surface area (Å²) in [6, 6.07) is 5.82. The second-order valence-electron chi connectivity index (χ2n) is 3.08. The van der Waals surface area contributed by atoms with Crippen LogP contribution in [0.5, 0.6) is 0 Å². The average Bonchev–Trinajstić information content (AvgIpc) is 2.10. The third-order valence-electron chi connectivity index (χ3n) is 2.13. The quantitative estimate of drug-likeness (QED) is 0.737. The molecule has 2 N–H and O–H groups in total. The summed E-state index contributed by atoms with van der Waals surface area (Å²) >= 11 is 5.98. The van der Waals surface area contributed by atoms with Crippen LogP contribution in [0.25, 0.3) is 0 Å². The average molecular weight is 196 g/mol. The van der Waals surface area contributed by atoms with Crippen molar-refractivity contribution in [2.24, 2.45) is 5.73 Å². The summed E-state index contributed by atoms with van der Waals surface area (Å²) in [6.07, 6.45) is 2.60. The molecule has 2 heteroatoms. The van der Waals surface area contributed by atoms with Gasteiger partial charge < -0.3 is 5.73 Å². The lowest BCUT2D eigenvalue weighted by Crippen LogP contribution is -2.10. The van der Waals surface area contributed by atoms with Crippen LogP contribution in [-0.2, 0) is 0 Å². The van der Waals surface area contributed by atoms with E-state index in [1.807, 2.05) is 31.2 Å². The molecule has 1 aromatic carbocycles. The highest BCUT2D eigenvalue weighted by Gasteiger charge is 2.08. The fraction of sp³-hybridized carbons (Fsp3) is 0.273. The lowest BCUT2D eigenvalue weighted by atomic mass is 10.00. The van der Waals surface area contributed by atoms with Crippen molar-refractivity contribution < 1.29 is 0 Å². The van der Waals surface area contributed by atoms with Crippen molar-refractivity contribution in [1.29, 1.82) is 0 Å². The normalized spacial score (nSPS) is 12.5. The van der Waals surface area contributed by atoms with Crippen LogP contribution in [0.1, 0.15) is 23.6 Å². The van der Waals surface area contributed by atoms with Gasteiger partial charge in [0.1, 0.15) is 0 Å². The minimum atomic E-state index is 0.0104. The van der Waals surface area contributed by atoms with Crippen molar-refractivity contribution in [2.45, 2.75) is 19.4 Å². The van der Waals surface area contributed by atoms with Gasteiger partial charge in [-0.15, -0.1) is 6.58 Å². The molecule has 1 aromatic rings. The third-order valence-corrected chi connectivity index (χ3v) is 2.54. The first-order chi connectivity index (χ1) is 6.16. The van der Waals surface area contributed by atoms with Gasteiger partial charge in [-0.25, -0.2) is 0 Å². The fourth-order valence-corrected chi connectivity index (χ4v) is 1.51. The first kappa shape index (κ1) is 10.3. The predicted octanol–water partition coefficient (Wildman–Crippen LogP) is 3.22. The Hall–Kier alpha value is -0.790. The van der Waals surface area contributed by atoms with Gasteiger partial charge >= 0.3 is 0 Å². The van der Waals surface area contributed by atoms with Gasteiger partial charge in [-0.1, -0.05) is 29.8 Å². The maximum Gasteiger partial charge on any atom is 0.0438 e. The number of rotatable bonds is 3. The van der Waals surface area contributed by atoms with Crippen LogP contribution in [0.4, 0.5) is 0 Å². The molecule has 13 heavy (non-hydrogen) atoms. The predicted molar refractivity (Wildman–Crippen MR) is 57.9 cm³/mol. The van der Waals surface area contributed by atoms with E-state index in [0.717, 1.165) is 22.6 Å². The van der Waals surface area contributed by atoms with Gasteiger partial charge in [0.2, 0.25) is 0 Å². The molecule has 0 saturated heterocycles. The summed E-state index contributed by atoms with van der Waals surface area (Å²) in [4.78, 5) is 0. The molecule has 0 heterocycles. The maximum absolute atomic E-state index is 5.98. The Labute approximate surface area is 84.2 Å². The molecule has 0 aromatic heterocycles. The van der Waals surface area contributed by atoms with E-state index in [2.05, 4.69) is 6.58 Å². The minimum Gasteiger partial charge on any atom is -0.324 e. The van der Waals surface area contributed by atoms with Crippen LogP contribution >= 0.6 is 11.6 Å². The Morgan fingerprint density at radius 3 is 2.92 bits per heavy atom. The Balaban J connectivity index is 3.00. The van der Waals surface area contributed by atoms with Gasteiger partial charge in [-0.3, -0.25) is 0 Å². The largest absolute Gasteiger partial charge is 0.324 e. The monoisotopic (exact) mass is 195 g/mol. The van der Waals surface area contributed by atoms with Crippen LogP contribution < -0.4 is 5.73 Å². The number of nitrogens with two attached hydrogens (primary N) is 1. The zero-order valence-electron chi connectivity index (χ0n) is 7.76. The maximum atomic E-state index is 5.98. The SMILES string of the molecule is C=CC[C@@H](N)c1cccc(Cl)c1C. The summed E-state index contributed by atoms with van der Waals surface area (Å²) in [5, 5.41) is 0.775. The van der Waals surface area contributed by atoms with Crippen LogP contribution in [0.2, 0.25) is 5.02 Å². The number of benzene rings is 1. The smallest absolute Gasteiger partial charge is 0.0438 e. The van der Waals surface area contributed by atoms with Crippen LogP contribution in [-0.4, -0.2) is 0 Å². The molecular weight excluding hydrogens is 182 g/mol. The van der Waals surface area contributed by atoms with Crippen LogP contribution in [0.3, 0.4) is 0 Å². The molecule has 1 rings (SSSR count). The molecule has 0 unspecified atom stereocenters. The van der Waals surface area contributed by atoms with E-state index in [0.29, 0.717) is 0 Å². The lowest BCUT2D eigenvalue weighted by molar-refractivity contribution is 0.736. The summed E-state index contributed by atoms with van der Waals surface area (Å²) in [5.41, 5.74) is 8.12. The third kappa shape index (κ3) is 2.33. The van der Waals surface area contributed by atoms with E-state index in [1.165, 1.54) is 0 Å². The molecule has 0 aliphatic heterocycles. The highest BCUT2D eigenvalue weighted by atomic mass is 35.5. The first-order valence-electron chi connectivity index (χ1n) is 4.28. The van der Waals surface area contributed by atoms with E-state index in [-0.39, 0.29) is 6.04 Å². The number of hydrogen-bond donors (Lipinski definition) is 1. The van der Waals surface area contributed by atoms with Gasteiger partial charge in [0.15, 0.2) is 0 Å². The lowest BCUT2D eigenvalue weighted by Gasteiger charge is -2.13. The molecule has 1 nitrogen and oxygen atoms in total. The molecular formula is C11H14ClN. The van der Waals surface area contributed by atoms with E-state index in [4.69, 9.17) is 17.3 Å². The van der Waals surface area contributed by atoms with Gasteiger partial charge in [-0.2, -0.15) is 0 Å². The fourth-order valence-electron chi connectivity index (χ4n) is 1.33.